The minimum atomic E-state index is -0.954. The maximum Gasteiger partial charge on any atom is 0.295 e. The van der Waals surface area contributed by atoms with Crippen molar-refractivity contribution in [1.29, 1.82) is 0 Å². The van der Waals surface area contributed by atoms with E-state index in [2.05, 4.69) is 4.98 Å². The van der Waals surface area contributed by atoms with Gasteiger partial charge >= 0.3 is 0 Å². The number of rotatable bonds is 5. The van der Waals surface area contributed by atoms with E-state index < -0.39 is 17.2 Å². The largest absolute Gasteiger partial charge is 0.487 e. The lowest BCUT2D eigenvalue weighted by atomic mass is 10.2. The lowest BCUT2D eigenvalue weighted by molar-refractivity contribution is 0.273. The van der Waals surface area contributed by atoms with Crippen LogP contribution in [0.15, 0.2) is 29.1 Å². The quantitative estimate of drug-likeness (QED) is 0.741. The van der Waals surface area contributed by atoms with Crippen LogP contribution >= 0.6 is 11.3 Å². The van der Waals surface area contributed by atoms with Crippen molar-refractivity contribution in [2.45, 2.75) is 25.9 Å². The molecule has 0 aliphatic heterocycles. The Morgan fingerprint density at radius 1 is 1.35 bits per heavy atom. The van der Waals surface area contributed by atoms with Crippen LogP contribution in [0, 0.1) is 24.5 Å². The summed E-state index contributed by atoms with van der Waals surface area (Å²) >= 11 is 1.32. The van der Waals surface area contributed by atoms with Crippen LogP contribution in [0.1, 0.15) is 28.6 Å². The second kappa shape index (κ2) is 6.44. The Kier molecular flexibility index (Phi) is 4.24. The van der Waals surface area contributed by atoms with E-state index in [4.69, 9.17) is 4.74 Å². The van der Waals surface area contributed by atoms with Gasteiger partial charge in [-0.1, -0.05) is 0 Å². The van der Waals surface area contributed by atoms with Crippen molar-refractivity contribution in [1.82, 2.24) is 9.38 Å². The molecule has 0 spiro atoms. The van der Waals surface area contributed by atoms with Crippen molar-refractivity contribution in [3.8, 4) is 5.75 Å². The number of ether oxygens (including phenoxy) is 1. The van der Waals surface area contributed by atoms with Crippen LogP contribution in [-0.2, 0) is 6.61 Å². The van der Waals surface area contributed by atoms with Gasteiger partial charge in [-0.3, -0.25) is 9.20 Å². The summed E-state index contributed by atoms with van der Waals surface area (Å²) in [6.45, 7) is 1.70. The monoisotopic (exact) mass is 378 g/mol. The number of fused-ring (bicyclic) bond motifs is 1. The standard InChI is InChI=1S/C18H16F2N2O3S/c1-9-16(13-6-10(13)7-23)22-17(24)15(20)14(21-18(22)26-9)8-25-12-4-2-11(19)3-5-12/h2-5,10,13,23H,6-8H2,1H3/t10-,13+/m0/s1. The maximum atomic E-state index is 14.6. The number of nitrogens with zero attached hydrogens (tertiary/aromatic N) is 2. The number of aliphatic hydroxyl groups excluding tert-OH is 1. The number of halogens is 2. The Morgan fingerprint density at radius 3 is 2.73 bits per heavy atom. The molecule has 1 saturated carbocycles. The average molecular weight is 378 g/mol. The zero-order chi connectivity index (χ0) is 18.4. The molecule has 2 aromatic heterocycles. The number of hydrogen-bond donors (Lipinski definition) is 1. The highest BCUT2D eigenvalue weighted by Gasteiger charge is 2.41. The fraction of sp³-hybridized carbons (Fsp3) is 0.333. The van der Waals surface area contributed by atoms with Crippen LogP contribution in [-0.4, -0.2) is 21.1 Å². The molecule has 136 valence electrons. The normalized spacial score (nSPS) is 19.1. The van der Waals surface area contributed by atoms with Crippen molar-refractivity contribution in [3.63, 3.8) is 0 Å². The summed E-state index contributed by atoms with van der Waals surface area (Å²) in [6.07, 6.45) is 0.784. The number of aromatic nitrogens is 2. The van der Waals surface area contributed by atoms with Crippen molar-refractivity contribution in [2.75, 3.05) is 6.61 Å². The van der Waals surface area contributed by atoms with Gasteiger partial charge in [0.05, 0.1) is 0 Å². The second-order valence-corrected chi connectivity index (χ2v) is 7.55. The molecule has 1 aromatic carbocycles. The fourth-order valence-corrected chi connectivity index (χ4v) is 4.19. The Bertz CT molecular complexity index is 1030. The van der Waals surface area contributed by atoms with Crippen LogP contribution in [0.2, 0.25) is 0 Å². The summed E-state index contributed by atoms with van der Waals surface area (Å²) in [5.74, 6) is -0.814. The summed E-state index contributed by atoms with van der Waals surface area (Å²) in [4.78, 5) is 18.1. The van der Waals surface area contributed by atoms with Crippen LogP contribution in [0.4, 0.5) is 8.78 Å². The first-order valence-electron chi connectivity index (χ1n) is 8.19. The molecule has 1 aliphatic rings. The van der Waals surface area contributed by atoms with E-state index >= 15 is 0 Å². The number of aliphatic hydroxyl groups is 1. The Morgan fingerprint density at radius 2 is 2.08 bits per heavy atom. The highest BCUT2D eigenvalue weighted by atomic mass is 32.1. The first-order valence-corrected chi connectivity index (χ1v) is 9.01. The number of benzene rings is 1. The minimum absolute atomic E-state index is 0.0513. The van der Waals surface area contributed by atoms with Crippen LogP contribution in [0.3, 0.4) is 0 Å². The zero-order valence-corrected chi connectivity index (χ0v) is 14.7. The molecule has 26 heavy (non-hydrogen) atoms. The van der Waals surface area contributed by atoms with Gasteiger partial charge in [-0.15, -0.1) is 11.3 Å². The lowest BCUT2D eigenvalue weighted by Crippen LogP contribution is -2.23. The predicted octanol–water partition coefficient (Wildman–Crippen LogP) is 3.02. The molecule has 0 radical (unpaired) electrons. The molecule has 4 rings (SSSR count). The van der Waals surface area contributed by atoms with E-state index in [1.54, 1.807) is 0 Å². The lowest BCUT2D eigenvalue weighted by Gasteiger charge is -2.07. The van der Waals surface area contributed by atoms with Gasteiger partial charge in [-0.25, -0.2) is 9.37 Å². The number of aryl methyl sites for hydroxylation is 1. The molecule has 1 aliphatic carbocycles. The first-order chi connectivity index (χ1) is 12.5. The average Bonchev–Trinajstić information content (AvgIpc) is 3.33. The number of thiazole rings is 1. The van der Waals surface area contributed by atoms with E-state index in [0.29, 0.717) is 10.7 Å². The third kappa shape index (κ3) is 2.89. The molecule has 3 aromatic rings. The van der Waals surface area contributed by atoms with Gasteiger partial charge in [0.25, 0.3) is 5.56 Å². The molecule has 2 atom stereocenters. The molecule has 5 nitrogen and oxygen atoms in total. The minimum Gasteiger partial charge on any atom is -0.487 e. The van der Waals surface area contributed by atoms with Gasteiger partial charge < -0.3 is 9.84 Å². The van der Waals surface area contributed by atoms with E-state index in [1.807, 2.05) is 6.92 Å². The molecule has 0 saturated heterocycles. The van der Waals surface area contributed by atoms with Crippen molar-refractivity contribution >= 4 is 16.3 Å². The summed E-state index contributed by atoms with van der Waals surface area (Å²) in [7, 11) is 0. The molecular formula is C18H16F2N2O3S. The van der Waals surface area contributed by atoms with Gasteiger partial charge in [-0.2, -0.15) is 4.39 Å². The van der Waals surface area contributed by atoms with E-state index in [-0.39, 0.29) is 30.7 Å². The molecule has 1 N–H and O–H groups in total. The Balaban J connectivity index is 1.68. The van der Waals surface area contributed by atoms with Crippen LogP contribution < -0.4 is 10.3 Å². The SMILES string of the molecule is Cc1sc2nc(COc3ccc(F)cc3)c(F)c(=O)n2c1[C@@H]1C[C@H]1CO. The summed E-state index contributed by atoms with van der Waals surface area (Å²) in [6, 6.07) is 5.32. The van der Waals surface area contributed by atoms with Crippen LogP contribution in [0.5, 0.6) is 5.75 Å². The molecule has 0 amide bonds. The zero-order valence-electron chi connectivity index (χ0n) is 13.9. The third-order valence-electron chi connectivity index (χ3n) is 4.61. The topological polar surface area (TPSA) is 63.8 Å². The molecule has 0 unspecified atom stereocenters. The highest BCUT2D eigenvalue weighted by molar-refractivity contribution is 7.17. The van der Waals surface area contributed by atoms with E-state index in [9.17, 15) is 18.7 Å². The van der Waals surface area contributed by atoms with Gasteiger partial charge in [0.15, 0.2) is 4.96 Å². The number of hydrogen-bond acceptors (Lipinski definition) is 5. The molecule has 0 bridgehead atoms. The van der Waals surface area contributed by atoms with Gasteiger partial charge in [0.2, 0.25) is 5.82 Å². The predicted molar refractivity (Wildman–Crippen MR) is 92.7 cm³/mol. The Hall–Kier alpha value is -2.32. The van der Waals surface area contributed by atoms with Gasteiger partial charge in [0.1, 0.15) is 23.9 Å². The summed E-state index contributed by atoms with van der Waals surface area (Å²) < 4.78 is 34.2. The second-order valence-electron chi connectivity index (χ2n) is 6.37. The first kappa shape index (κ1) is 17.1. The summed E-state index contributed by atoms with van der Waals surface area (Å²) in [5.41, 5.74) is -0.0938. The van der Waals surface area contributed by atoms with Gasteiger partial charge in [-0.05, 0) is 43.5 Å². The van der Waals surface area contributed by atoms with Crippen molar-refractivity contribution in [2.24, 2.45) is 5.92 Å². The van der Waals surface area contributed by atoms with Crippen molar-refractivity contribution in [3.05, 3.63) is 62.5 Å². The fourth-order valence-electron chi connectivity index (χ4n) is 3.14. The van der Waals surface area contributed by atoms with Gasteiger partial charge in [0, 0.05) is 23.1 Å². The van der Waals surface area contributed by atoms with E-state index in [1.165, 1.54) is 40.0 Å². The third-order valence-corrected chi connectivity index (χ3v) is 5.58. The van der Waals surface area contributed by atoms with Crippen LogP contribution in [0.25, 0.3) is 4.96 Å². The highest BCUT2D eigenvalue weighted by Crippen LogP contribution is 2.49. The molecule has 2 heterocycles. The molecular weight excluding hydrogens is 362 g/mol. The smallest absolute Gasteiger partial charge is 0.295 e. The molecule has 1 fully saturated rings. The van der Waals surface area contributed by atoms with E-state index in [0.717, 1.165) is 17.0 Å². The maximum absolute atomic E-state index is 14.6. The Labute approximate surface area is 151 Å². The molecule has 8 heteroatoms. The van der Waals surface area contributed by atoms with Crippen molar-refractivity contribution < 1.29 is 18.6 Å². The summed E-state index contributed by atoms with van der Waals surface area (Å²) in [5, 5.41) is 9.29.